The lowest BCUT2D eigenvalue weighted by Crippen LogP contribution is -2.09. The lowest BCUT2D eigenvalue weighted by Gasteiger charge is -2.20. The van der Waals surface area contributed by atoms with Crippen LogP contribution in [-0.2, 0) is 51.4 Å². The van der Waals surface area contributed by atoms with E-state index in [1.807, 2.05) is 0 Å². The minimum absolute atomic E-state index is 0.0380. The van der Waals surface area contributed by atoms with Crippen molar-refractivity contribution >= 4 is 46.3 Å². The molecule has 0 heterocycles. The van der Waals surface area contributed by atoms with Crippen molar-refractivity contribution in [2.75, 3.05) is 0 Å². The molecule has 624 valence electrons. The Morgan fingerprint density at radius 1 is 0.125 bits per heavy atom. The van der Waals surface area contributed by atoms with Gasteiger partial charge in [-0.3, -0.25) is 38.4 Å². The highest BCUT2D eigenvalue weighted by atomic mass is 16.3. The Balaban J connectivity index is 0.922. The Hall–Kier alpha value is -16.7. The van der Waals surface area contributed by atoms with Crippen molar-refractivity contribution in [3.63, 3.8) is 0 Å². The molecule has 1 aliphatic carbocycles. The summed E-state index contributed by atoms with van der Waals surface area (Å²) in [5.41, 5.74) is 2.92. The van der Waals surface area contributed by atoms with E-state index in [0.29, 0.717) is 0 Å². The van der Waals surface area contributed by atoms with Crippen molar-refractivity contribution in [3.05, 3.63) is 518 Å². The van der Waals surface area contributed by atoms with Crippen molar-refractivity contribution in [1.82, 2.24) is 0 Å². The molecule has 16 aromatic rings. The van der Waals surface area contributed by atoms with Gasteiger partial charge in [0.25, 0.3) is 0 Å². The van der Waals surface area contributed by atoms with Gasteiger partial charge in [0.15, 0.2) is 46.3 Å². The van der Waals surface area contributed by atoms with Crippen molar-refractivity contribution < 1.29 is 79.2 Å². The van der Waals surface area contributed by atoms with Crippen LogP contribution in [0, 0.1) is 0 Å². The Morgan fingerprint density at radius 2 is 0.203 bits per heavy atom. The lowest BCUT2D eigenvalue weighted by molar-refractivity contribution is 0.103. The molecule has 1 aliphatic rings. The maximum absolute atomic E-state index is 15.1. The Bertz CT molecular complexity index is 5660. The van der Waals surface area contributed by atoms with E-state index in [-0.39, 0.29) is 178 Å². The average Bonchev–Trinajstić information content (AvgIpc) is 0.776. The van der Waals surface area contributed by atoms with E-state index >= 15 is 38.4 Å². The second-order valence-electron chi connectivity index (χ2n) is 32.1. The Kier molecular flexibility index (Phi) is 23.5. The summed E-state index contributed by atoms with van der Waals surface area (Å²) in [5.74, 6) is -7.46. The van der Waals surface area contributed by atoms with Gasteiger partial charge in [0, 0.05) is 140 Å². The number of carbonyl (C=O) groups is 8. The molecule has 0 atom stereocenters. The monoisotopic (exact) mass is 1680 g/mol. The zero-order chi connectivity index (χ0) is 89.0. The van der Waals surface area contributed by atoms with Crippen LogP contribution in [0.3, 0.4) is 0 Å². The molecule has 0 unspecified atom stereocenters. The molecule has 0 saturated heterocycles. The first-order valence-electron chi connectivity index (χ1n) is 41.6. The molecule has 16 bridgehead atoms. The molecule has 0 spiro atoms. The van der Waals surface area contributed by atoms with Crippen molar-refractivity contribution in [3.8, 4) is 46.0 Å². The fraction of sp³-hybridized carbons (Fsp3) is 0.0714. The number of phenolic OH excluding ortho intramolecular Hbond substituents is 8. The molecule has 17 rings (SSSR count). The predicted octanol–water partition coefficient (Wildman–Crippen LogP) is 20.2. The average molecular weight is 1680 g/mol. The van der Waals surface area contributed by atoms with Crippen molar-refractivity contribution in [2.45, 2.75) is 51.4 Å². The van der Waals surface area contributed by atoms with E-state index in [1.54, 1.807) is 243 Å². The van der Waals surface area contributed by atoms with Gasteiger partial charge in [0.2, 0.25) is 0 Å². The third-order valence-electron chi connectivity index (χ3n) is 23.6. The number of ketones is 8. The molecule has 0 amide bonds. The van der Waals surface area contributed by atoms with Crippen LogP contribution in [0.1, 0.15) is 216 Å². The number of benzene rings is 16. The van der Waals surface area contributed by atoms with E-state index in [2.05, 4.69) is 0 Å². The van der Waals surface area contributed by atoms with Gasteiger partial charge in [-0.25, -0.2) is 0 Å². The summed E-state index contributed by atoms with van der Waals surface area (Å²) in [4.78, 5) is 121. The Labute approximate surface area is 736 Å². The van der Waals surface area contributed by atoms with Crippen LogP contribution in [0.15, 0.2) is 340 Å². The SMILES string of the molecule is O=C(c1ccccc1)c1cc2c(O)c(c1)Cc1cc(C(=O)c3ccccc3)cc(c1O)Cc1cc(C(=O)c3ccccc3)cc(c1O)Cc1cc(C(=O)c3ccccc3)cc(c1O)Cc1cc(C(=O)c3ccccc3)cc(c1O)Cc1cc(C(=O)c3ccccc3)cc(c1O)Cc1cc(C(=O)c3ccccc3)cc(c1O)Cc1cc(C(=O)c3ccccc3)cc(c1O)C2. The van der Waals surface area contributed by atoms with Gasteiger partial charge in [0.05, 0.1) is 0 Å². The normalized spacial score (nSPS) is 12.0. The standard InChI is InChI=1S/C112H80O16/c113-97(65-25-9-1-10-26-65)73-41-81-57-83-43-74(98(114)66-27-11-2-12-28-66)45-85(106(83)122)59-87-47-76(100(116)68-31-15-4-16-32-68)49-89(108(87)124)61-91-51-78(102(118)70-35-19-6-20-36-70)53-93(110(91)126)63-95-55-80(104(120)72-39-23-8-24-40-72)56-96(112(95)128)64-94-54-79(103(119)71-37-21-7-22-38-71)52-92(111(94)127)62-90-50-77(101(117)69-33-17-5-18-34-69)48-88(109(90)125)60-86-46-75(99(115)67-29-13-3-14-30-67)44-84(107(86)123)58-82(42-73)105(81)121/h1-56,121-128H,57-64H2. The zero-order valence-corrected chi connectivity index (χ0v) is 68.8. The summed E-state index contributed by atoms with van der Waals surface area (Å²) >= 11 is 0. The molecule has 0 radical (unpaired) electrons. The van der Waals surface area contributed by atoms with Crippen LogP contribution in [0.5, 0.6) is 46.0 Å². The fourth-order valence-corrected chi connectivity index (χ4v) is 17.0. The van der Waals surface area contributed by atoms with E-state index in [4.69, 9.17) is 0 Å². The first-order chi connectivity index (χ1) is 62.0. The van der Waals surface area contributed by atoms with Gasteiger partial charge >= 0.3 is 0 Å². The second kappa shape index (κ2) is 36.0. The second-order valence-corrected chi connectivity index (χ2v) is 32.1. The number of rotatable bonds is 16. The number of hydrogen-bond acceptors (Lipinski definition) is 16. The van der Waals surface area contributed by atoms with Crippen LogP contribution < -0.4 is 0 Å². The van der Waals surface area contributed by atoms with Crippen LogP contribution in [-0.4, -0.2) is 87.1 Å². The van der Waals surface area contributed by atoms with Gasteiger partial charge in [-0.2, -0.15) is 0 Å². The van der Waals surface area contributed by atoms with Crippen LogP contribution >= 0.6 is 0 Å². The predicted molar refractivity (Wildman–Crippen MR) is 486 cm³/mol. The summed E-state index contributed by atoms with van der Waals surface area (Å²) < 4.78 is 0. The topological polar surface area (TPSA) is 298 Å². The molecule has 8 N–H and O–H groups in total. The zero-order valence-electron chi connectivity index (χ0n) is 68.8. The summed E-state index contributed by atoms with van der Waals surface area (Å²) in [7, 11) is 0. The first-order valence-corrected chi connectivity index (χ1v) is 41.6. The Morgan fingerprint density at radius 3 is 0.281 bits per heavy atom. The molecule has 16 heteroatoms. The van der Waals surface area contributed by atoms with E-state index in [0.717, 1.165) is 0 Å². The minimum atomic E-state index is -0.502. The molecular formula is C112H80O16. The third-order valence-corrected chi connectivity index (χ3v) is 23.6. The molecule has 0 aliphatic heterocycles. The lowest BCUT2D eigenvalue weighted by atomic mass is 9.86. The van der Waals surface area contributed by atoms with E-state index in [9.17, 15) is 40.9 Å². The summed E-state index contributed by atoms with van der Waals surface area (Å²) in [5, 5.41) is 105. The molecule has 0 aromatic heterocycles. The smallest absolute Gasteiger partial charge is 0.193 e. The van der Waals surface area contributed by atoms with Gasteiger partial charge in [-0.05, 0) is 186 Å². The molecule has 16 nitrogen and oxygen atoms in total. The highest BCUT2D eigenvalue weighted by molar-refractivity contribution is 6.14. The van der Waals surface area contributed by atoms with Gasteiger partial charge in [-0.1, -0.05) is 243 Å². The highest BCUT2D eigenvalue weighted by Crippen LogP contribution is 2.44. The van der Waals surface area contributed by atoms with Gasteiger partial charge in [0.1, 0.15) is 46.0 Å². The summed E-state index contributed by atoms with van der Waals surface area (Å²) in [6, 6.07) is 89.9. The first kappa shape index (κ1) is 83.5. The van der Waals surface area contributed by atoms with Crippen LogP contribution in [0.4, 0.5) is 0 Å². The van der Waals surface area contributed by atoms with E-state index < -0.39 is 144 Å². The third kappa shape index (κ3) is 17.4. The number of carbonyl (C=O) groups excluding carboxylic acids is 8. The number of aromatic hydroxyl groups is 8. The fourth-order valence-electron chi connectivity index (χ4n) is 17.0. The largest absolute Gasteiger partial charge is 0.507 e. The molecular weight excluding hydrogens is 1600 g/mol. The van der Waals surface area contributed by atoms with Gasteiger partial charge in [-0.15, -0.1) is 0 Å². The van der Waals surface area contributed by atoms with Gasteiger partial charge < -0.3 is 40.9 Å². The van der Waals surface area contributed by atoms with Crippen molar-refractivity contribution in [1.29, 1.82) is 0 Å². The maximum Gasteiger partial charge on any atom is 0.193 e. The molecule has 16 aromatic carbocycles. The quantitative estimate of drug-likeness (QED) is 0.0417. The van der Waals surface area contributed by atoms with Crippen LogP contribution in [0.25, 0.3) is 0 Å². The van der Waals surface area contributed by atoms with E-state index in [1.165, 1.54) is 97.1 Å². The highest BCUT2D eigenvalue weighted by Gasteiger charge is 2.31. The molecule has 0 saturated carbocycles. The number of hydrogen-bond donors (Lipinski definition) is 8. The molecule has 0 fully saturated rings. The maximum atomic E-state index is 15.1. The minimum Gasteiger partial charge on any atom is -0.507 e. The summed E-state index contributed by atoms with van der Waals surface area (Å²) in [6.07, 6.45) is -3.26. The van der Waals surface area contributed by atoms with Crippen LogP contribution in [0.2, 0.25) is 0 Å². The number of fused-ring (bicyclic) bond motifs is 16. The number of phenols is 8. The van der Waals surface area contributed by atoms with Crippen molar-refractivity contribution in [2.24, 2.45) is 0 Å². The summed E-state index contributed by atoms with van der Waals surface area (Å²) in [6.45, 7) is 0. The molecule has 128 heavy (non-hydrogen) atoms.